The van der Waals surface area contributed by atoms with Crippen LogP contribution in [0.1, 0.15) is 23.2 Å². The van der Waals surface area contributed by atoms with Gasteiger partial charge in [-0.2, -0.15) is 0 Å². The van der Waals surface area contributed by atoms with Gasteiger partial charge in [-0.15, -0.1) is 0 Å². The smallest absolute Gasteiger partial charge is 0.337 e. The average molecular weight is 285 g/mol. The quantitative estimate of drug-likeness (QED) is 0.905. The molecule has 1 heterocycles. The molecule has 0 atom stereocenters. The average Bonchev–Trinajstić information content (AvgIpc) is 2.37. The second kappa shape index (κ2) is 5.08. The van der Waals surface area contributed by atoms with Crippen molar-refractivity contribution in [1.29, 1.82) is 0 Å². The molecule has 104 valence electrons. The molecule has 0 radical (unpaired) electrons. The van der Waals surface area contributed by atoms with E-state index in [0.29, 0.717) is 18.7 Å². The fourth-order valence-electron chi connectivity index (χ4n) is 2.09. The van der Waals surface area contributed by atoms with Gasteiger partial charge in [0.05, 0.1) is 24.1 Å². The van der Waals surface area contributed by atoms with Crippen LogP contribution in [-0.2, 0) is 10.0 Å². The fourth-order valence-corrected chi connectivity index (χ4v) is 3.75. The summed E-state index contributed by atoms with van der Waals surface area (Å²) in [4.78, 5) is 11.3. The first-order valence-electron chi connectivity index (χ1n) is 5.87. The topological polar surface area (TPSA) is 83.9 Å². The third-order valence-electron chi connectivity index (χ3n) is 3.05. The van der Waals surface area contributed by atoms with Crippen LogP contribution in [0.3, 0.4) is 0 Å². The van der Waals surface area contributed by atoms with Crippen LogP contribution in [0.5, 0.6) is 5.75 Å². The Morgan fingerprint density at radius 1 is 1.37 bits per heavy atom. The Hall–Kier alpha value is -1.76. The lowest BCUT2D eigenvalue weighted by atomic mass is 10.1. The van der Waals surface area contributed by atoms with Crippen molar-refractivity contribution in [3.8, 4) is 5.75 Å². The minimum atomic E-state index is -3.42. The Balaban J connectivity index is 2.52. The maximum absolute atomic E-state index is 12.0. The number of sulfonamides is 1. The summed E-state index contributed by atoms with van der Waals surface area (Å²) in [6.07, 6.45) is 1.34. The second-order valence-electron chi connectivity index (χ2n) is 4.28. The van der Waals surface area contributed by atoms with Crippen LogP contribution in [0, 0.1) is 0 Å². The largest absolute Gasteiger partial charge is 0.497 e. The Labute approximate surface area is 111 Å². The summed E-state index contributed by atoms with van der Waals surface area (Å²) >= 11 is 0. The normalized spacial score (nSPS) is 18.1. The van der Waals surface area contributed by atoms with E-state index >= 15 is 0 Å². The first-order chi connectivity index (χ1) is 8.95. The van der Waals surface area contributed by atoms with Crippen LogP contribution in [0.25, 0.3) is 0 Å². The highest BCUT2D eigenvalue weighted by molar-refractivity contribution is 7.92. The zero-order chi connectivity index (χ0) is 14.0. The molecular formula is C12H15NO5S. The van der Waals surface area contributed by atoms with Crippen molar-refractivity contribution in [3.63, 3.8) is 0 Å². The summed E-state index contributed by atoms with van der Waals surface area (Å²) in [6, 6.07) is 4.37. The molecule has 1 aliphatic rings. The Bertz CT molecular complexity index is 596. The minimum Gasteiger partial charge on any atom is -0.497 e. The van der Waals surface area contributed by atoms with Crippen molar-refractivity contribution in [3.05, 3.63) is 23.8 Å². The molecule has 6 nitrogen and oxygen atoms in total. The highest BCUT2D eigenvalue weighted by Gasteiger charge is 2.29. The summed E-state index contributed by atoms with van der Waals surface area (Å²) in [6.45, 7) is 0.314. The molecule has 1 saturated heterocycles. The van der Waals surface area contributed by atoms with E-state index in [4.69, 9.17) is 4.74 Å². The van der Waals surface area contributed by atoms with Gasteiger partial charge in [0.15, 0.2) is 0 Å². The summed E-state index contributed by atoms with van der Waals surface area (Å²) in [5.41, 5.74) is 0.137. The predicted molar refractivity (Wildman–Crippen MR) is 70.3 cm³/mol. The molecule has 7 heteroatoms. The Morgan fingerprint density at radius 3 is 2.68 bits per heavy atom. The minimum absolute atomic E-state index is 0.0537. The van der Waals surface area contributed by atoms with Gasteiger partial charge >= 0.3 is 5.97 Å². The molecule has 1 aromatic rings. The van der Waals surface area contributed by atoms with Crippen LogP contribution in [0.4, 0.5) is 5.69 Å². The molecule has 0 unspecified atom stereocenters. The van der Waals surface area contributed by atoms with E-state index in [9.17, 15) is 18.3 Å². The van der Waals surface area contributed by atoms with Gasteiger partial charge in [0.1, 0.15) is 5.75 Å². The van der Waals surface area contributed by atoms with Gasteiger partial charge in [-0.3, -0.25) is 4.31 Å². The van der Waals surface area contributed by atoms with Crippen molar-refractivity contribution in [2.45, 2.75) is 12.8 Å². The molecule has 1 fully saturated rings. The van der Waals surface area contributed by atoms with Crippen LogP contribution in [0.2, 0.25) is 0 Å². The molecule has 1 aliphatic heterocycles. The molecule has 0 aliphatic carbocycles. The highest BCUT2D eigenvalue weighted by Crippen LogP contribution is 2.30. The molecule has 0 saturated carbocycles. The number of aromatic carboxylic acids is 1. The zero-order valence-electron chi connectivity index (χ0n) is 10.5. The summed E-state index contributed by atoms with van der Waals surface area (Å²) in [5.74, 6) is -0.733. The van der Waals surface area contributed by atoms with Gasteiger partial charge in [-0.25, -0.2) is 13.2 Å². The highest BCUT2D eigenvalue weighted by atomic mass is 32.2. The van der Waals surface area contributed by atoms with E-state index in [1.165, 1.54) is 23.5 Å². The zero-order valence-corrected chi connectivity index (χ0v) is 11.3. The van der Waals surface area contributed by atoms with Gasteiger partial charge < -0.3 is 9.84 Å². The number of anilines is 1. The van der Waals surface area contributed by atoms with E-state index in [-0.39, 0.29) is 17.0 Å². The number of nitrogens with zero attached hydrogens (tertiary/aromatic N) is 1. The number of methoxy groups -OCH3 is 1. The Morgan fingerprint density at radius 2 is 2.11 bits per heavy atom. The van der Waals surface area contributed by atoms with Crippen molar-refractivity contribution >= 4 is 21.7 Å². The fraction of sp³-hybridized carbons (Fsp3) is 0.417. The van der Waals surface area contributed by atoms with E-state index in [1.54, 1.807) is 6.07 Å². The van der Waals surface area contributed by atoms with E-state index < -0.39 is 16.0 Å². The third kappa shape index (κ3) is 2.65. The number of hydrogen-bond donors (Lipinski definition) is 1. The number of benzene rings is 1. The van der Waals surface area contributed by atoms with Crippen molar-refractivity contribution in [2.75, 3.05) is 23.7 Å². The maximum atomic E-state index is 12.0. The molecule has 0 spiro atoms. The van der Waals surface area contributed by atoms with Crippen molar-refractivity contribution < 1.29 is 23.1 Å². The number of hydrogen-bond acceptors (Lipinski definition) is 4. The van der Waals surface area contributed by atoms with Crippen LogP contribution in [-0.4, -0.2) is 38.9 Å². The number of carboxylic acid groups (broad SMARTS) is 1. The van der Waals surface area contributed by atoms with Gasteiger partial charge in [-0.05, 0) is 31.0 Å². The molecule has 2 rings (SSSR count). The SMILES string of the molecule is COc1ccc(N2CCCCS2(=O)=O)c(C(=O)O)c1. The van der Waals surface area contributed by atoms with Crippen LogP contribution >= 0.6 is 0 Å². The molecule has 0 amide bonds. The van der Waals surface area contributed by atoms with E-state index in [2.05, 4.69) is 0 Å². The van der Waals surface area contributed by atoms with E-state index in [0.717, 1.165) is 6.42 Å². The number of carbonyl (C=O) groups is 1. The molecular weight excluding hydrogens is 270 g/mol. The van der Waals surface area contributed by atoms with Crippen LogP contribution < -0.4 is 9.04 Å². The predicted octanol–water partition coefficient (Wildman–Crippen LogP) is 1.32. The van der Waals surface area contributed by atoms with Gasteiger partial charge in [0.25, 0.3) is 0 Å². The maximum Gasteiger partial charge on any atom is 0.337 e. The second-order valence-corrected chi connectivity index (χ2v) is 6.30. The first kappa shape index (κ1) is 13.7. The summed E-state index contributed by atoms with van der Waals surface area (Å²) in [7, 11) is -1.99. The Kier molecular flexibility index (Phi) is 3.66. The lowest BCUT2D eigenvalue weighted by Gasteiger charge is -2.29. The van der Waals surface area contributed by atoms with Crippen molar-refractivity contribution in [2.24, 2.45) is 0 Å². The molecule has 0 aromatic heterocycles. The third-order valence-corrected chi connectivity index (χ3v) is 4.91. The number of ether oxygens (including phenoxy) is 1. The monoisotopic (exact) mass is 285 g/mol. The molecule has 1 aromatic carbocycles. The van der Waals surface area contributed by atoms with Crippen LogP contribution in [0.15, 0.2) is 18.2 Å². The number of carboxylic acids is 1. The number of rotatable bonds is 3. The van der Waals surface area contributed by atoms with Crippen molar-refractivity contribution in [1.82, 2.24) is 0 Å². The first-order valence-corrected chi connectivity index (χ1v) is 7.48. The molecule has 1 N–H and O–H groups in total. The standard InChI is InChI=1S/C12H15NO5S/c1-18-9-4-5-11(10(8-9)12(14)15)13-6-2-3-7-19(13,16)17/h4-5,8H,2-3,6-7H2,1H3,(H,14,15). The van der Waals surface area contributed by atoms with Gasteiger partial charge in [0, 0.05) is 6.54 Å². The van der Waals surface area contributed by atoms with E-state index in [1.807, 2.05) is 0 Å². The summed E-state index contributed by atoms with van der Waals surface area (Å²) in [5, 5.41) is 9.21. The lowest BCUT2D eigenvalue weighted by Crippen LogP contribution is -2.38. The van der Waals surface area contributed by atoms with Gasteiger partial charge in [-0.1, -0.05) is 0 Å². The van der Waals surface area contributed by atoms with Gasteiger partial charge in [0.2, 0.25) is 10.0 Å². The molecule has 0 bridgehead atoms. The molecule has 19 heavy (non-hydrogen) atoms. The summed E-state index contributed by atoms with van der Waals surface area (Å²) < 4.78 is 30.2. The lowest BCUT2D eigenvalue weighted by molar-refractivity contribution is 0.0697.